The van der Waals surface area contributed by atoms with Crippen LogP contribution in [0.25, 0.3) is 0 Å². The topological polar surface area (TPSA) is 29.4 Å². The van der Waals surface area contributed by atoms with Crippen LogP contribution in [0.4, 0.5) is 0 Å². The Morgan fingerprint density at radius 3 is 2.73 bits per heavy atom. The Kier molecular flexibility index (Phi) is 3.03. The zero-order valence-electron chi connectivity index (χ0n) is 7.42. The molecule has 0 aromatic rings. The molecule has 0 aromatic carbocycles. The van der Waals surface area contributed by atoms with E-state index >= 15 is 0 Å². The number of hydrogen-bond donors (Lipinski definition) is 0. The lowest BCUT2D eigenvalue weighted by Gasteiger charge is -2.29. The summed E-state index contributed by atoms with van der Waals surface area (Å²) < 4.78 is 0. The van der Waals surface area contributed by atoms with Gasteiger partial charge in [0.05, 0.1) is 6.04 Å². The molecule has 1 aliphatic carbocycles. The molecule has 0 N–H and O–H groups in total. The molecule has 0 saturated heterocycles. The summed E-state index contributed by atoms with van der Waals surface area (Å²) in [5.41, 5.74) is 0. The molecule has 3 unspecified atom stereocenters. The first-order valence-corrected chi connectivity index (χ1v) is 4.60. The predicted octanol–water partition coefficient (Wildman–Crippen LogP) is 2.97. The third kappa shape index (κ3) is 2.01. The Morgan fingerprint density at radius 1 is 1.45 bits per heavy atom. The molecule has 0 radical (unpaired) electrons. The van der Waals surface area contributed by atoms with Gasteiger partial charge in [-0.1, -0.05) is 31.9 Å². The number of rotatable bonds is 2. The van der Waals surface area contributed by atoms with Crippen molar-refractivity contribution in [3.8, 4) is 0 Å². The van der Waals surface area contributed by atoms with Crippen molar-refractivity contribution in [1.82, 2.24) is 0 Å². The molecule has 1 aliphatic rings. The molecule has 1 rings (SSSR count). The summed E-state index contributed by atoms with van der Waals surface area (Å²) in [6.45, 7) is 4.33. The van der Waals surface area contributed by atoms with Gasteiger partial charge in [-0.25, -0.2) is 0 Å². The Bertz CT molecular complexity index is 136. The van der Waals surface area contributed by atoms with E-state index in [-0.39, 0.29) is 6.04 Å². The summed E-state index contributed by atoms with van der Waals surface area (Å²) in [7, 11) is 0. The average molecular weight is 155 g/mol. The van der Waals surface area contributed by atoms with Crippen molar-refractivity contribution in [3.05, 3.63) is 4.91 Å². The fraction of sp³-hybridized carbons (Fsp3) is 1.00. The van der Waals surface area contributed by atoms with E-state index in [9.17, 15) is 4.91 Å². The molecule has 0 amide bonds. The first-order valence-electron chi connectivity index (χ1n) is 4.60. The van der Waals surface area contributed by atoms with Gasteiger partial charge in [0.1, 0.15) is 0 Å². The van der Waals surface area contributed by atoms with Crippen molar-refractivity contribution in [1.29, 1.82) is 0 Å². The maximum absolute atomic E-state index is 10.4. The molecule has 0 aromatic heterocycles. The summed E-state index contributed by atoms with van der Waals surface area (Å²) in [4.78, 5) is 10.4. The van der Waals surface area contributed by atoms with Gasteiger partial charge in [-0.2, -0.15) is 4.91 Å². The molecule has 1 saturated carbocycles. The van der Waals surface area contributed by atoms with Gasteiger partial charge in [-0.05, 0) is 24.7 Å². The van der Waals surface area contributed by atoms with Crippen molar-refractivity contribution in [3.63, 3.8) is 0 Å². The van der Waals surface area contributed by atoms with Crippen LogP contribution in [0.1, 0.15) is 39.5 Å². The fourth-order valence-corrected chi connectivity index (χ4v) is 1.90. The maximum Gasteiger partial charge on any atom is 0.0947 e. The Morgan fingerprint density at radius 2 is 2.18 bits per heavy atom. The van der Waals surface area contributed by atoms with Gasteiger partial charge in [-0.3, -0.25) is 0 Å². The SMILES string of the molecule is CCC1CCC(C)C(N=O)C1. The maximum atomic E-state index is 10.4. The fourth-order valence-electron chi connectivity index (χ4n) is 1.90. The van der Waals surface area contributed by atoms with E-state index in [1.807, 2.05) is 0 Å². The summed E-state index contributed by atoms with van der Waals surface area (Å²) in [6.07, 6.45) is 4.72. The van der Waals surface area contributed by atoms with Crippen molar-refractivity contribution in [2.24, 2.45) is 17.0 Å². The zero-order chi connectivity index (χ0) is 8.27. The molecule has 0 heterocycles. The summed E-state index contributed by atoms with van der Waals surface area (Å²) in [5, 5.41) is 3.18. The minimum atomic E-state index is 0.105. The summed E-state index contributed by atoms with van der Waals surface area (Å²) in [6, 6.07) is 0.105. The van der Waals surface area contributed by atoms with Crippen molar-refractivity contribution < 1.29 is 0 Å². The molecule has 2 nitrogen and oxygen atoms in total. The van der Waals surface area contributed by atoms with Crippen molar-refractivity contribution >= 4 is 0 Å². The van der Waals surface area contributed by atoms with Crippen molar-refractivity contribution in [2.75, 3.05) is 0 Å². The molecule has 64 valence electrons. The average Bonchev–Trinajstić information content (AvgIpc) is 2.05. The van der Waals surface area contributed by atoms with Gasteiger partial charge < -0.3 is 0 Å². The van der Waals surface area contributed by atoms with E-state index in [0.29, 0.717) is 5.92 Å². The minimum Gasteiger partial charge on any atom is -0.151 e. The number of hydrogen-bond acceptors (Lipinski definition) is 2. The normalized spacial score (nSPS) is 38.5. The molecule has 3 atom stereocenters. The molecular weight excluding hydrogens is 138 g/mol. The zero-order valence-corrected chi connectivity index (χ0v) is 7.42. The first kappa shape index (κ1) is 8.69. The van der Waals surface area contributed by atoms with E-state index in [2.05, 4.69) is 19.0 Å². The lowest BCUT2D eigenvalue weighted by Crippen LogP contribution is -2.25. The molecule has 2 heteroatoms. The minimum absolute atomic E-state index is 0.105. The smallest absolute Gasteiger partial charge is 0.0947 e. The molecular formula is C9H17NO. The van der Waals surface area contributed by atoms with Crippen LogP contribution in [0, 0.1) is 16.7 Å². The Hall–Kier alpha value is -0.400. The highest BCUT2D eigenvalue weighted by Gasteiger charge is 2.27. The second-order valence-electron chi connectivity index (χ2n) is 3.74. The van der Waals surface area contributed by atoms with E-state index < -0.39 is 0 Å². The lowest BCUT2D eigenvalue weighted by molar-refractivity contribution is 0.247. The van der Waals surface area contributed by atoms with Crippen LogP contribution in [0.15, 0.2) is 5.18 Å². The van der Waals surface area contributed by atoms with Gasteiger partial charge >= 0.3 is 0 Å². The third-order valence-electron chi connectivity index (χ3n) is 2.97. The molecule has 0 bridgehead atoms. The predicted molar refractivity (Wildman–Crippen MR) is 46.4 cm³/mol. The lowest BCUT2D eigenvalue weighted by atomic mass is 9.78. The van der Waals surface area contributed by atoms with Gasteiger partial charge in [0.25, 0.3) is 0 Å². The largest absolute Gasteiger partial charge is 0.151 e. The third-order valence-corrected chi connectivity index (χ3v) is 2.97. The van der Waals surface area contributed by atoms with Crippen LogP contribution in [0.5, 0.6) is 0 Å². The van der Waals surface area contributed by atoms with Crippen LogP contribution >= 0.6 is 0 Å². The first-order chi connectivity index (χ1) is 5.27. The highest BCUT2D eigenvalue weighted by atomic mass is 16.3. The van der Waals surface area contributed by atoms with Crippen LogP contribution in [0.2, 0.25) is 0 Å². The monoisotopic (exact) mass is 155 g/mol. The number of nitrogens with zero attached hydrogens (tertiary/aromatic N) is 1. The standard InChI is InChI=1S/C9H17NO/c1-3-8-5-4-7(2)9(6-8)10-11/h7-9H,3-6H2,1-2H3. The van der Waals surface area contributed by atoms with Gasteiger partial charge in [0.2, 0.25) is 0 Å². The van der Waals surface area contributed by atoms with E-state index in [1.165, 1.54) is 19.3 Å². The summed E-state index contributed by atoms with van der Waals surface area (Å²) in [5.74, 6) is 1.28. The second kappa shape index (κ2) is 3.84. The molecule has 1 fully saturated rings. The van der Waals surface area contributed by atoms with Crippen LogP contribution in [-0.2, 0) is 0 Å². The Labute approximate surface area is 68.3 Å². The van der Waals surface area contributed by atoms with Gasteiger partial charge in [0.15, 0.2) is 0 Å². The quantitative estimate of drug-likeness (QED) is 0.564. The van der Waals surface area contributed by atoms with E-state index in [4.69, 9.17) is 0 Å². The van der Waals surface area contributed by atoms with Crippen LogP contribution in [0.3, 0.4) is 0 Å². The molecule has 0 aliphatic heterocycles. The molecule has 11 heavy (non-hydrogen) atoms. The Balaban J connectivity index is 2.43. The van der Waals surface area contributed by atoms with Crippen molar-refractivity contribution in [2.45, 2.75) is 45.6 Å². The number of nitroso groups, excluding NO2 is 1. The molecule has 0 spiro atoms. The van der Waals surface area contributed by atoms with E-state index in [1.54, 1.807) is 0 Å². The second-order valence-corrected chi connectivity index (χ2v) is 3.74. The van der Waals surface area contributed by atoms with Gasteiger partial charge in [-0.15, -0.1) is 0 Å². The highest BCUT2D eigenvalue weighted by Crippen LogP contribution is 2.32. The van der Waals surface area contributed by atoms with E-state index in [0.717, 1.165) is 12.3 Å². The van der Waals surface area contributed by atoms with Crippen LogP contribution < -0.4 is 0 Å². The van der Waals surface area contributed by atoms with Crippen LogP contribution in [-0.4, -0.2) is 6.04 Å². The highest BCUT2D eigenvalue weighted by molar-refractivity contribution is 4.81. The van der Waals surface area contributed by atoms with Gasteiger partial charge in [0, 0.05) is 0 Å². The summed E-state index contributed by atoms with van der Waals surface area (Å²) >= 11 is 0.